The third-order valence-electron chi connectivity index (χ3n) is 2.63. The van der Waals surface area contributed by atoms with Crippen LogP contribution in [-0.2, 0) is 0 Å². The first-order valence-electron chi connectivity index (χ1n) is 5.25. The average Bonchev–Trinajstić information content (AvgIpc) is 2.38. The second kappa shape index (κ2) is 5.71. The van der Waals surface area contributed by atoms with Gasteiger partial charge in [0.15, 0.2) is 0 Å². The van der Waals surface area contributed by atoms with Gasteiger partial charge in [-0.3, -0.25) is 0 Å². The van der Waals surface area contributed by atoms with E-state index in [1.54, 1.807) is 0 Å². The van der Waals surface area contributed by atoms with Crippen LogP contribution in [0.3, 0.4) is 0 Å². The second-order valence-corrected chi connectivity index (χ2v) is 4.20. The maximum atomic E-state index is 12.5. The Morgan fingerprint density at radius 2 is 1.25 bits per heavy atom. The highest BCUT2D eigenvalue weighted by Gasteiger charge is 2.13. The molecule has 0 amide bonds. The first kappa shape index (κ1) is 11.2. The molecule has 0 saturated heterocycles. The molecule has 2 rings (SSSR count). The van der Waals surface area contributed by atoms with E-state index >= 15 is 0 Å². The molecule has 0 aromatic heterocycles. The molecule has 0 bridgehead atoms. The quantitative estimate of drug-likeness (QED) is 0.751. The van der Waals surface area contributed by atoms with Gasteiger partial charge in [0, 0.05) is 23.8 Å². The number of hydrogen-bond acceptors (Lipinski definition) is 1. The molecule has 0 fully saturated rings. The maximum absolute atomic E-state index is 12.5. The lowest BCUT2D eigenvalue weighted by Gasteiger charge is -2.15. The van der Waals surface area contributed by atoms with Gasteiger partial charge >= 0.3 is 0 Å². The van der Waals surface area contributed by atoms with E-state index in [1.165, 1.54) is 11.1 Å². The summed E-state index contributed by atoms with van der Waals surface area (Å²) in [5, 5.41) is 0. The van der Waals surface area contributed by atoms with Crippen molar-refractivity contribution in [1.29, 1.82) is 0 Å². The highest BCUT2D eigenvalue weighted by Crippen LogP contribution is 2.28. The van der Waals surface area contributed by atoms with Crippen molar-refractivity contribution in [2.24, 2.45) is 0 Å². The van der Waals surface area contributed by atoms with Crippen molar-refractivity contribution in [3.8, 4) is 0 Å². The third-order valence-corrected chi connectivity index (χ3v) is 3.09. The van der Waals surface area contributed by atoms with E-state index in [0.717, 1.165) is 0 Å². The molecule has 82 valence electrons. The van der Waals surface area contributed by atoms with E-state index in [-0.39, 0.29) is 5.92 Å². The molecule has 2 aromatic carbocycles. The highest BCUT2D eigenvalue weighted by atomic mass is 32.2. The summed E-state index contributed by atoms with van der Waals surface area (Å²) in [7, 11) is 0. The topological polar surface area (TPSA) is 0 Å². The van der Waals surface area contributed by atoms with Gasteiger partial charge in [-0.15, -0.1) is 0 Å². The zero-order valence-electron chi connectivity index (χ0n) is 8.84. The van der Waals surface area contributed by atoms with Crippen LogP contribution in [0.1, 0.15) is 17.0 Å². The van der Waals surface area contributed by atoms with Gasteiger partial charge in [0.05, 0.1) is 0 Å². The minimum absolute atomic E-state index is 0.136. The van der Waals surface area contributed by atoms with E-state index < -0.39 is 0 Å². The van der Waals surface area contributed by atoms with Crippen molar-refractivity contribution < 1.29 is 3.89 Å². The molecule has 0 heterocycles. The Kier molecular flexibility index (Phi) is 4.00. The summed E-state index contributed by atoms with van der Waals surface area (Å²) in [6, 6.07) is 20.1. The van der Waals surface area contributed by atoms with Gasteiger partial charge in [-0.2, -0.15) is 3.89 Å². The fourth-order valence-electron chi connectivity index (χ4n) is 1.82. The molecule has 16 heavy (non-hydrogen) atoms. The molecule has 0 nitrogen and oxygen atoms in total. The first-order chi connectivity index (χ1) is 7.92. The van der Waals surface area contributed by atoms with Crippen LogP contribution >= 0.6 is 12.1 Å². The summed E-state index contributed by atoms with van der Waals surface area (Å²) < 4.78 is 12.5. The lowest BCUT2D eigenvalue weighted by atomic mass is 9.93. The highest BCUT2D eigenvalue weighted by molar-refractivity contribution is 7.94. The van der Waals surface area contributed by atoms with E-state index in [1.807, 2.05) is 60.7 Å². The number of benzene rings is 2. The molecule has 0 unspecified atom stereocenters. The largest absolute Gasteiger partial charge is 0.165 e. The van der Waals surface area contributed by atoms with Crippen molar-refractivity contribution in [1.82, 2.24) is 0 Å². The summed E-state index contributed by atoms with van der Waals surface area (Å²) in [5.41, 5.74) is 2.33. The molecule has 0 aliphatic heterocycles. The van der Waals surface area contributed by atoms with Gasteiger partial charge in [-0.25, -0.2) is 0 Å². The summed E-state index contributed by atoms with van der Waals surface area (Å²) in [6.45, 7) is 0. The molecule has 0 radical (unpaired) electrons. The van der Waals surface area contributed by atoms with Crippen LogP contribution in [0.25, 0.3) is 0 Å². The van der Waals surface area contributed by atoms with Crippen molar-refractivity contribution >= 4 is 12.1 Å². The van der Waals surface area contributed by atoms with Crippen molar-refractivity contribution in [3.05, 3.63) is 71.8 Å². The standard InChI is InChI=1S/C14H13FS/c15-16-11-14(12-7-3-1-4-8-12)13-9-5-2-6-10-13/h1-10,14H,11H2. The predicted molar refractivity (Wildman–Crippen MR) is 68.3 cm³/mol. The molecular formula is C14H13FS. The summed E-state index contributed by atoms with van der Waals surface area (Å²) in [6.07, 6.45) is 0. The number of hydrogen-bond donors (Lipinski definition) is 0. The second-order valence-electron chi connectivity index (χ2n) is 3.65. The Morgan fingerprint density at radius 3 is 1.62 bits per heavy atom. The molecule has 0 saturated carbocycles. The Hall–Kier alpha value is -1.28. The van der Waals surface area contributed by atoms with Crippen LogP contribution in [0.5, 0.6) is 0 Å². The lowest BCUT2D eigenvalue weighted by Crippen LogP contribution is -2.03. The molecule has 0 spiro atoms. The molecular weight excluding hydrogens is 219 g/mol. The van der Waals surface area contributed by atoms with E-state index in [2.05, 4.69) is 0 Å². The fourth-order valence-corrected chi connectivity index (χ4v) is 2.33. The smallest absolute Gasteiger partial charge is 0.0453 e. The molecule has 0 N–H and O–H groups in total. The Bertz CT molecular complexity index is 374. The zero-order chi connectivity index (χ0) is 11.2. The SMILES string of the molecule is FSCC(c1ccccc1)c1ccccc1. The van der Waals surface area contributed by atoms with Crippen molar-refractivity contribution in [2.45, 2.75) is 5.92 Å². The average molecular weight is 232 g/mol. The van der Waals surface area contributed by atoms with Crippen LogP contribution in [-0.4, -0.2) is 5.75 Å². The van der Waals surface area contributed by atoms with Crippen molar-refractivity contribution in [2.75, 3.05) is 5.75 Å². The first-order valence-corrected chi connectivity index (χ1v) is 6.14. The molecule has 0 atom stereocenters. The van der Waals surface area contributed by atoms with Gasteiger partial charge < -0.3 is 0 Å². The molecule has 0 aliphatic rings. The fraction of sp³-hybridized carbons (Fsp3) is 0.143. The molecule has 2 aromatic rings. The van der Waals surface area contributed by atoms with Gasteiger partial charge in [-0.1, -0.05) is 60.7 Å². The zero-order valence-corrected chi connectivity index (χ0v) is 9.66. The third kappa shape index (κ3) is 2.64. The maximum Gasteiger partial charge on any atom is 0.0453 e. The summed E-state index contributed by atoms with van der Waals surface area (Å²) in [5.74, 6) is 0.603. The van der Waals surface area contributed by atoms with Crippen LogP contribution in [0, 0.1) is 0 Å². The van der Waals surface area contributed by atoms with Crippen molar-refractivity contribution in [3.63, 3.8) is 0 Å². The molecule has 0 aliphatic carbocycles. The van der Waals surface area contributed by atoms with Gasteiger partial charge in [0.1, 0.15) is 0 Å². The van der Waals surface area contributed by atoms with Crippen LogP contribution in [0.4, 0.5) is 3.89 Å². The Labute approximate surface area is 99.8 Å². The van der Waals surface area contributed by atoms with Crippen LogP contribution < -0.4 is 0 Å². The Balaban J connectivity index is 2.31. The van der Waals surface area contributed by atoms with Crippen LogP contribution in [0.2, 0.25) is 0 Å². The minimum atomic E-state index is 0.136. The monoisotopic (exact) mass is 232 g/mol. The summed E-state index contributed by atoms with van der Waals surface area (Å²) in [4.78, 5) is 0. The number of halogens is 1. The van der Waals surface area contributed by atoms with Gasteiger partial charge in [0.25, 0.3) is 0 Å². The van der Waals surface area contributed by atoms with Crippen LogP contribution in [0.15, 0.2) is 60.7 Å². The minimum Gasteiger partial charge on any atom is -0.165 e. The predicted octanol–water partition coefficient (Wildman–Crippen LogP) is 4.44. The lowest BCUT2D eigenvalue weighted by molar-refractivity contribution is 0.883. The Morgan fingerprint density at radius 1 is 0.812 bits per heavy atom. The van der Waals surface area contributed by atoms with E-state index in [9.17, 15) is 3.89 Å². The van der Waals surface area contributed by atoms with Gasteiger partial charge in [-0.05, 0) is 11.1 Å². The normalized spacial score (nSPS) is 10.6. The van der Waals surface area contributed by atoms with E-state index in [4.69, 9.17) is 0 Å². The van der Waals surface area contributed by atoms with Gasteiger partial charge in [0.2, 0.25) is 0 Å². The molecule has 2 heteroatoms. The van der Waals surface area contributed by atoms with E-state index in [0.29, 0.717) is 17.9 Å². The summed E-state index contributed by atoms with van der Waals surface area (Å²) >= 11 is 0.399. The number of rotatable bonds is 4.